The molecule has 0 aliphatic carbocycles. The van der Waals surface area contributed by atoms with E-state index in [1.807, 2.05) is 6.92 Å². The van der Waals surface area contributed by atoms with Gasteiger partial charge < -0.3 is 10.2 Å². The molecule has 0 aliphatic heterocycles. The molecule has 0 fully saturated rings. The van der Waals surface area contributed by atoms with Gasteiger partial charge in [-0.1, -0.05) is 48.3 Å². The van der Waals surface area contributed by atoms with Gasteiger partial charge in [0.25, 0.3) is 0 Å². The van der Waals surface area contributed by atoms with E-state index in [9.17, 15) is 22.4 Å². The first kappa shape index (κ1) is 28.9. The lowest BCUT2D eigenvalue weighted by atomic mass is 10.1. The number of anilines is 1. The molecular weight excluding hydrogens is 516 g/mol. The summed E-state index contributed by atoms with van der Waals surface area (Å²) in [7, 11) is -3.79. The number of benzene rings is 2. The zero-order valence-corrected chi connectivity index (χ0v) is 22.3. The van der Waals surface area contributed by atoms with Crippen LogP contribution in [0.2, 0.25) is 10.0 Å². The number of carbonyl (C=O) groups is 2. The minimum absolute atomic E-state index is 0.00115. The van der Waals surface area contributed by atoms with Crippen LogP contribution < -0.4 is 9.62 Å². The summed E-state index contributed by atoms with van der Waals surface area (Å²) in [6, 6.07) is 9.68. The average Bonchev–Trinajstić information content (AvgIpc) is 2.79. The molecule has 2 rings (SSSR count). The highest BCUT2D eigenvalue weighted by molar-refractivity contribution is 7.92. The summed E-state index contributed by atoms with van der Waals surface area (Å²) in [5.74, 6) is -1.39. The minimum Gasteiger partial charge on any atom is -0.354 e. The van der Waals surface area contributed by atoms with Gasteiger partial charge in [-0.05, 0) is 44.0 Å². The molecule has 2 aromatic rings. The molecule has 35 heavy (non-hydrogen) atoms. The van der Waals surface area contributed by atoms with Gasteiger partial charge in [0.2, 0.25) is 21.8 Å². The molecule has 2 amide bonds. The fourth-order valence-corrected chi connectivity index (χ4v) is 4.95. The van der Waals surface area contributed by atoms with E-state index < -0.39 is 21.9 Å². The van der Waals surface area contributed by atoms with Crippen molar-refractivity contribution in [3.63, 3.8) is 0 Å². The molecule has 1 N–H and O–H groups in total. The summed E-state index contributed by atoms with van der Waals surface area (Å²) in [6.07, 6.45) is 1.75. The molecule has 0 aromatic heterocycles. The number of rotatable bonds is 12. The molecule has 11 heteroatoms. The molecule has 0 bridgehead atoms. The predicted octanol–water partition coefficient (Wildman–Crippen LogP) is 4.62. The molecule has 0 radical (unpaired) electrons. The number of halogens is 3. The van der Waals surface area contributed by atoms with Gasteiger partial charge in [0.05, 0.1) is 11.9 Å². The van der Waals surface area contributed by atoms with Gasteiger partial charge in [0.15, 0.2) is 0 Å². The van der Waals surface area contributed by atoms with Crippen LogP contribution in [-0.2, 0) is 26.2 Å². The average molecular weight is 546 g/mol. The molecule has 7 nitrogen and oxygen atoms in total. The molecule has 1 atom stereocenters. The smallest absolute Gasteiger partial charge is 0.242 e. The Balaban J connectivity index is 2.22. The molecule has 0 heterocycles. The zero-order valence-electron chi connectivity index (χ0n) is 19.9. The van der Waals surface area contributed by atoms with Crippen LogP contribution in [0.5, 0.6) is 0 Å². The monoisotopic (exact) mass is 545 g/mol. The fraction of sp³-hybridized carbons (Fsp3) is 0.417. The number of carbonyl (C=O) groups excluding carboxylic acids is 2. The van der Waals surface area contributed by atoms with Crippen molar-refractivity contribution in [1.82, 2.24) is 10.2 Å². The van der Waals surface area contributed by atoms with Crippen molar-refractivity contribution < 1.29 is 22.4 Å². The van der Waals surface area contributed by atoms with Gasteiger partial charge in [0.1, 0.15) is 11.9 Å². The second-order valence-corrected chi connectivity index (χ2v) is 10.8. The number of para-hydroxylation sites is 1. The topological polar surface area (TPSA) is 86.8 Å². The second-order valence-electron chi connectivity index (χ2n) is 8.08. The Labute approximate surface area is 216 Å². The van der Waals surface area contributed by atoms with E-state index >= 15 is 0 Å². The molecule has 0 aliphatic rings. The lowest BCUT2D eigenvalue weighted by molar-refractivity contribution is -0.140. The van der Waals surface area contributed by atoms with Crippen molar-refractivity contribution in [2.75, 3.05) is 23.7 Å². The first-order valence-electron chi connectivity index (χ1n) is 11.2. The summed E-state index contributed by atoms with van der Waals surface area (Å²) < 4.78 is 39.8. The van der Waals surface area contributed by atoms with E-state index in [1.54, 1.807) is 25.1 Å². The van der Waals surface area contributed by atoms with Crippen molar-refractivity contribution in [3.05, 3.63) is 63.9 Å². The maximum atomic E-state index is 14.2. The Morgan fingerprint density at radius 1 is 1.09 bits per heavy atom. The van der Waals surface area contributed by atoms with E-state index in [1.165, 1.54) is 29.2 Å². The number of hydrogen-bond acceptors (Lipinski definition) is 4. The standard InChI is InChI=1S/C24H30Cl2FN3O4S/c1-4-14-28-24(32)17(2)29(16-18-19(25)9-7-10-20(18)26)23(31)13-8-15-30(35(3,33)34)22-12-6-5-11-21(22)27/h5-7,9-12,17H,4,8,13-16H2,1-3H3,(H,28,32)/t17-/m0/s1. The third-order valence-corrected chi connectivity index (χ3v) is 7.27. The molecular formula is C24H30Cl2FN3O4S. The first-order chi connectivity index (χ1) is 16.5. The Morgan fingerprint density at radius 2 is 1.71 bits per heavy atom. The van der Waals surface area contributed by atoms with E-state index in [-0.39, 0.29) is 43.4 Å². The third-order valence-electron chi connectivity index (χ3n) is 5.38. The third kappa shape index (κ3) is 8.08. The van der Waals surface area contributed by atoms with E-state index in [4.69, 9.17) is 23.2 Å². The second kappa shape index (κ2) is 13.1. The summed E-state index contributed by atoms with van der Waals surface area (Å²) >= 11 is 12.6. The summed E-state index contributed by atoms with van der Waals surface area (Å²) in [4.78, 5) is 27.3. The van der Waals surface area contributed by atoms with Crippen molar-refractivity contribution in [1.29, 1.82) is 0 Å². The van der Waals surface area contributed by atoms with Crippen LogP contribution in [0.15, 0.2) is 42.5 Å². The predicted molar refractivity (Wildman–Crippen MR) is 138 cm³/mol. The first-order valence-corrected chi connectivity index (χ1v) is 13.8. The SMILES string of the molecule is CCCNC(=O)[C@H](C)N(Cc1c(Cl)cccc1Cl)C(=O)CCCN(c1ccccc1F)S(C)(=O)=O. The number of nitrogens with one attached hydrogen (secondary N) is 1. The highest BCUT2D eigenvalue weighted by atomic mass is 35.5. The van der Waals surface area contributed by atoms with Crippen molar-refractivity contribution in [2.45, 2.75) is 45.7 Å². The van der Waals surface area contributed by atoms with Crippen LogP contribution >= 0.6 is 23.2 Å². The summed E-state index contributed by atoms with van der Waals surface area (Å²) in [6.45, 7) is 3.88. The molecule has 192 valence electrons. The zero-order chi connectivity index (χ0) is 26.2. The highest BCUT2D eigenvalue weighted by Gasteiger charge is 2.28. The minimum atomic E-state index is -3.79. The van der Waals surface area contributed by atoms with Crippen LogP contribution in [0.25, 0.3) is 0 Å². The van der Waals surface area contributed by atoms with Crippen LogP contribution in [0, 0.1) is 5.82 Å². The number of hydrogen-bond donors (Lipinski definition) is 1. The quantitative estimate of drug-likeness (QED) is 0.421. The van der Waals surface area contributed by atoms with E-state index in [0.29, 0.717) is 22.2 Å². The lowest BCUT2D eigenvalue weighted by Gasteiger charge is -2.30. The fourth-order valence-electron chi connectivity index (χ4n) is 3.47. The number of amides is 2. The van der Waals surface area contributed by atoms with E-state index in [2.05, 4.69) is 5.32 Å². The molecule has 0 saturated heterocycles. The van der Waals surface area contributed by atoms with Crippen LogP contribution in [0.3, 0.4) is 0 Å². The molecule has 0 saturated carbocycles. The highest BCUT2D eigenvalue weighted by Crippen LogP contribution is 2.27. The van der Waals surface area contributed by atoms with Gasteiger partial charge in [-0.3, -0.25) is 13.9 Å². The molecule has 0 unspecified atom stereocenters. The van der Waals surface area contributed by atoms with Crippen molar-refractivity contribution in [3.8, 4) is 0 Å². The molecule has 2 aromatic carbocycles. The van der Waals surface area contributed by atoms with Gasteiger partial charge in [-0.15, -0.1) is 0 Å². The maximum absolute atomic E-state index is 14.2. The van der Waals surface area contributed by atoms with Crippen molar-refractivity contribution >= 4 is 50.7 Å². The van der Waals surface area contributed by atoms with Gasteiger partial charge in [-0.2, -0.15) is 0 Å². The largest absolute Gasteiger partial charge is 0.354 e. The van der Waals surface area contributed by atoms with Gasteiger partial charge in [-0.25, -0.2) is 12.8 Å². The number of sulfonamides is 1. The maximum Gasteiger partial charge on any atom is 0.242 e. The Kier molecular flexibility index (Phi) is 10.8. The number of nitrogens with zero attached hydrogens (tertiary/aromatic N) is 2. The lowest BCUT2D eigenvalue weighted by Crippen LogP contribution is -2.48. The van der Waals surface area contributed by atoms with Gasteiger partial charge >= 0.3 is 0 Å². The van der Waals surface area contributed by atoms with Crippen LogP contribution in [0.1, 0.15) is 38.7 Å². The Morgan fingerprint density at radius 3 is 2.29 bits per heavy atom. The van der Waals surface area contributed by atoms with Crippen molar-refractivity contribution in [2.24, 2.45) is 0 Å². The van der Waals surface area contributed by atoms with E-state index in [0.717, 1.165) is 17.0 Å². The summed E-state index contributed by atoms with van der Waals surface area (Å²) in [5, 5.41) is 3.50. The van der Waals surface area contributed by atoms with Gasteiger partial charge in [0, 0.05) is 41.7 Å². The Hall–Kier alpha value is -2.36. The summed E-state index contributed by atoms with van der Waals surface area (Å²) in [5.41, 5.74) is 0.415. The molecule has 0 spiro atoms. The van der Waals surface area contributed by atoms with Crippen LogP contribution in [-0.4, -0.2) is 50.5 Å². The van der Waals surface area contributed by atoms with Crippen LogP contribution in [0.4, 0.5) is 10.1 Å². The Bertz CT molecular complexity index is 1130. The normalized spacial score (nSPS) is 12.2.